The van der Waals surface area contributed by atoms with E-state index in [1.807, 2.05) is 0 Å². The zero-order chi connectivity index (χ0) is 11.5. The van der Waals surface area contributed by atoms with E-state index in [2.05, 4.69) is 38.1 Å². The van der Waals surface area contributed by atoms with Gasteiger partial charge in [0.25, 0.3) is 0 Å². The maximum atomic E-state index is 11.1. The summed E-state index contributed by atoms with van der Waals surface area (Å²) in [4.78, 5) is 12.3. The second-order valence-corrected chi connectivity index (χ2v) is 5.43. The Bertz CT molecular complexity index is 372. The first-order valence-corrected chi connectivity index (χ1v) is 6.52. The van der Waals surface area contributed by atoms with Gasteiger partial charge >= 0.3 is 5.97 Å². The van der Waals surface area contributed by atoms with Crippen LogP contribution in [0.5, 0.6) is 0 Å². The van der Waals surface area contributed by atoms with Crippen LogP contribution in [-0.4, -0.2) is 17.8 Å². The Morgan fingerprint density at radius 3 is 2.62 bits per heavy atom. The molecule has 1 aromatic carbocycles. The molecule has 0 bridgehead atoms. The average molecular weight is 236 g/mol. The number of rotatable bonds is 3. The molecule has 1 aliphatic rings. The molecular formula is C13H16O2S. The SMILES string of the molecule is Cc1ccc(SC[C@H]2OC(=O)C[C@@H]2C)cc1. The Morgan fingerprint density at radius 1 is 1.38 bits per heavy atom. The lowest BCUT2D eigenvalue weighted by molar-refractivity contribution is -0.140. The molecule has 0 spiro atoms. The molecule has 2 rings (SSSR count). The van der Waals surface area contributed by atoms with Gasteiger partial charge in [-0.15, -0.1) is 11.8 Å². The lowest BCUT2D eigenvalue weighted by atomic mass is 10.1. The molecule has 2 atom stereocenters. The summed E-state index contributed by atoms with van der Waals surface area (Å²) in [5.74, 6) is 1.16. The van der Waals surface area contributed by atoms with Crippen molar-refractivity contribution in [2.24, 2.45) is 5.92 Å². The highest BCUT2D eigenvalue weighted by atomic mass is 32.2. The predicted octanol–water partition coefficient (Wildman–Crippen LogP) is 3.04. The minimum absolute atomic E-state index is 0.0537. The second kappa shape index (κ2) is 4.91. The number of carbonyl (C=O) groups excluding carboxylic acids is 1. The lowest BCUT2D eigenvalue weighted by Crippen LogP contribution is -2.16. The highest BCUT2D eigenvalue weighted by molar-refractivity contribution is 7.99. The van der Waals surface area contributed by atoms with E-state index >= 15 is 0 Å². The second-order valence-electron chi connectivity index (χ2n) is 4.33. The van der Waals surface area contributed by atoms with Crippen molar-refractivity contribution in [3.63, 3.8) is 0 Å². The highest BCUT2D eigenvalue weighted by Crippen LogP contribution is 2.28. The number of benzene rings is 1. The Labute approximate surface area is 100 Å². The van der Waals surface area contributed by atoms with Gasteiger partial charge in [-0.25, -0.2) is 0 Å². The summed E-state index contributed by atoms with van der Waals surface area (Å²) >= 11 is 1.75. The Hall–Kier alpha value is -0.960. The number of aryl methyl sites for hydroxylation is 1. The molecule has 0 radical (unpaired) electrons. The summed E-state index contributed by atoms with van der Waals surface area (Å²) in [6, 6.07) is 8.43. The van der Waals surface area contributed by atoms with E-state index in [1.165, 1.54) is 10.5 Å². The molecule has 16 heavy (non-hydrogen) atoms. The molecule has 86 valence electrons. The van der Waals surface area contributed by atoms with E-state index in [0.29, 0.717) is 12.3 Å². The minimum Gasteiger partial charge on any atom is -0.461 e. The van der Waals surface area contributed by atoms with Crippen LogP contribution in [0.15, 0.2) is 29.2 Å². The fourth-order valence-corrected chi connectivity index (χ4v) is 2.82. The van der Waals surface area contributed by atoms with Crippen molar-refractivity contribution in [1.82, 2.24) is 0 Å². The molecule has 1 aromatic rings. The third kappa shape index (κ3) is 2.79. The van der Waals surface area contributed by atoms with E-state index in [4.69, 9.17) is 4.74 Å². The molecule has 0 N–H and O–H groups in total. The number of carbonyl (C=O) groups is 1. The average Bonchev–Trinajstić information content (AvgIpc) is 2.57. The Morgan fingerprint density at radius 2 is 2.06 bits per heavy atom. The van der Waals surface area contributed by atoms with E-state index in [0.717, 1.165) is 5.75 Å². The van der Waals surface area contributed by atoms with Crippen LogP contribution in [0.4, 0.5) is 0 Å². The quantitative estimate of drug-likeness (QED) is 0.596. The van der Waals surface area contributed by atoms with Crippen LogP contribution in [0.25, 0.3) is 0 Å². The summed E-state index contributed by atoms with van der Waals surface area (Å²) in [5.41, 5.74) is 1.27. The predicted molar refractivity (Wildman–Crippen MR) is 65.6 cm³/mol. The molecule has 1 fully saturated rings. The van der Waals surface area contributed by atoms with Crippen LogP contribution in [0.1, 0.15) is 18.9 Å². The molecule has 0 aliphatic carbocycles. The van der Waals surface area contributed by atoms with Crippen molar-refractivity contribution in [1.29, 1.82) is 0 Å². The standard InChI is InChI=1S/C13H16O2S/c1-9-3-5-11(6-4-9)16-8-12-10(2)7-13(14)15-12/h3-6,10,12H,7-8H2,1-2H3/t10-,12+/m0/s1. The number of ether oxygens (including phenoxy) is 1. The van der Waals surface area contributed by atoms with Crippen LogP contribution in [0.2, 0.25) is 0 Å². The van der Waals surface area contributed by atoms with Crippen LogP contribution in [0, 0.1) is 12.8 Å². The van der Waals surface area contributed by atoms with Crippen molar-refractivity contribution >= 4 is 17.7 Å². The molecule has 0 aromatic heterocycles. The smallest absolute Gasteiger partial charge is 0.306 e. The number of esters is 1. The Kier molecular flexibility index (Phi) is 3.54. The summed E-state index contributed by atoms with van der Waals surface area (Å²) in [7, 11) is 0. The highest BCUT2D eigenvalue weighted by Gasteiger charge is 2.30. The molecule has 1 aliphatic heterocycles. The first-order valence-electron chi connectivity index (χ1n) is 5.54. The number of hydrogen-bond donors (Lipinski definition) is 0. The maximum absolute atomic E-state index is 11.1. The first-order chi connectivity index (χ1) is 7.65. The van der Waals surface area contributed by atoms with Crippen LogP contribution < -0.4 is 0 Å². The van der Waals surface area contributed by atoms with Crippen molar-refractivity contribution in [3.05, 3.63) is 29.8 Å². The van der Waals surface area contributed by atoms with E-state index in [1.54, 1.807) is 11.8 Å². The Balaban J connectivity index is 1.88. The third-order valence-corrected chi connectivity index (χ3v) is 3.94. The summed E-state index contributed by atoms with van der Waals surface area (Å²) < 4.78 is 5.26. The number of thioether (sulfide) groups is 1. The van der Waals surface area contributed by atoms with Crippen molar-refractivity contribution in [2.45, 2.75) is 31.3 Å². The molecule has 1 saturated heterocycles. The van der Waals surface area contributed by atoms with Gasteiger partial charge < -0.3 is 4.74 Å². The summed E-state index contributed by atoms with van der Waals surface area (Å²) in [6.45, 7) is 4.15. The van der Waals surface area contributed by atoms with Gasteiger partial charge in [-0.3, -0.25) is 4.79 Å². The maximum Gasteiger partial charge on any atom is 0.306 e. The summed E-state index contributed by atoms with van der Waals surface area (Å²) in [6.07, 6.45) is 0.651. The van der Waals surface area contributed by atoms with E-state index < -0.39 is 0 Å². The van der Waals surface area contributed by atoms with Crippen molar-refractivity contribution in [2.75, 3.05) is 5.75 Å². The minimum atomic E-state index is -0.0537. The van der Waals surface area contributed by atoms with E-state index in [9.17, 15) is 4.79 Å². The molecule has 2 nitrogen and oxygen atoms in total. The van der Waals surface area contributed by atoms with Gasteiger partial charge in [0, 0.05) is 16.6 Å². The topological polar surface area (TPSA) is 26.3 Å². The normalized spacial score (nSPS) is 24.5. The lowest BCUT2D eigenvalue weighted by Gasteiger charge is -2.12. The van der Waals surface area contributed by atoms with Crippen molar-refractivity contribution in [3.8, 4) is 0 Å². The third-order valence-electron chi connectivity index (χ3n) is 2.84. The monoisotopic (exact) mass is 236 g/mol. The number of cyclic esters (lactones) is 1. The van der Waals surface area contributed by atoms with Crippen LogP contribution >= 0.6 is 11.8 Å². The van der Waals surface area contributed by atoms with Crippen LogP contribution in [0.3, 0.4) is 0 Å². The largest absolute Gasteiger partial charge is 0.461 e. The molecule has 0 saturated carbocycles. The van der Waals surface area contributed by atoms with Gasteiger partial charge in [0.05, 0.1) is 6.42 Å². The zero-order valence-electron chi connectivity index (χ0n) is 9.60. The molecular weight excluding hydrogens is 220 g/mol. The molecule has 0 unspecified atom stereocenters. The van der Waals surface area contributed by atoms with Gasteiger partial charge in [-0.2, -0.15) is 0 Å². The summed E-state index contributed by atoms with van der Waals surface area (Å²) in [5, 5.41) is 0. The fourth-order valence-electron chi connectivity index (χ4n) is 1.74. The number of hydrogen-bond acceptors (Lipinski definition) is 3. The molecule has 1 heterocycles. The molecule has 3 heteroatoms. The first kappa shape index (κ1) is 11.5. The van der Waals surface area contributed by atoms with Crippen molar-refractivity contribution < 1.29 is 9.53 Å². The van der Waals surface area contributed by atoms with Gasteiger partial charge in [0.15, 0.2) is 0 Å². The van der Waals surface area contributed by atoms with E-state index in [-0.39, 0.29) is 12.1 Å². The zero-order valence-corrected chi connectivity index (χ0v) is 10.4. The van der Waals surface area contributed by atoms with Gasteiger partial charge in [0.1, 0.15) is 6.10 Å². The van der Waals surface area contributed by atoms with Crippen LogP contribution in [-0.2, 0) is 9.53 Å². The van der Waals surface area contributed by atoms with Gasteiger partial charge in [-0.05, 0) is 19.1 Å². The fraction of sp³-hybridized carbons (Fsp3) is 0.462. The van der Waals surface area contributed by atoms with Gasteiger partial charge in [0.2, 0.25) is 0 Å². The molecule has 0 amide bonds. The van der Waals surface area contributed by atoms with Gasteiger partial charge in [-0.1, -0.05) is 24.6 Å².